The second-order valence-electron chi connectivity index (χ2n) is 5.32. The van der Waals surface area contributed by atoms with E-state index in [0.717, 1.165) is 25.7 Å². The highest BCUT2D eigenvalue weighted by atomic mass is 16.5. The molecule has 1 aromatic heterocycles. The van der Waals surface area contributed by atoms with Crippen LogP contribution in [0.15, 0.2) is 27.4 Å². The van der Waals surface area contributed by atoms with Crippen LogP contribution in [0.2, 0.25) is 0 Å². The van der Waals surface area contributed by atoms with Gasteiger partial charge in [-0.05, 0) is 24.6 Å². The van der Waals surface area contributed by atoms with Gasteiger partial charge in [-0.1, -0.05) is 26.2 Å². The van der Waals surface area contributed by atoms with Crippen molar-refractivity contribution in [3.05, 3.63) is 28.6 Å². The summed E-state index contributed by atoms with van der Waals surface area (Å²) in [5, 5.41) is 19.1. The molecule has 0 unspecified atom stereocenters. The van der Waals surface area contributed by atoms with Crippen LogP contribution in [0.5, 0.6) is 17.2 Å². The highest BCUT2D eigenvalue weighted by Crippen LogP contribution is 2.33. The van der Waals surface area contributed by atoms with Gasteiger partial charge in [0.1, 0.15) is 11.3 Å². The summed E-state index contributed by atoms with van der Waals surface area (Å²) in [6, 6.07) is 4.29. The van der Waals surface area contributed by atoms with Gasteiger partial charge in [-0.2, -0.15) is 0 Å². The van der Waals surface area contributed by atoms with Gasteiger partial charge in [0.15, 0.2) is 12.4 Å². The Bertz CT molecular complexity index is 763. The zero-order valence-electron chi connectivity index (χ0n) is 13.4. The Hall–Kier alpha value is -2.70. The van der Waals surface area contributed by atoms with Crippen LogP contribution in [0, 0.1) is 0 Å². The van der Waals surface area contributed by atoms with Crippen molar-refractivity contribution >= 4 is 16.9 Å². The van der Waals surface area contributed by atoms with Gasteiger partial charge in [0, 0.05) is 0 Å². The fourth-order valence-electron chi connectivity index (χ4n) is 2.21. The van der Waals surface area contributed by atoms with E-state index in [2.05, 4.69) is 6.92 Å². The molecule has 0 atom stereocenters. The van der Waals surface area contributed by atoms with E-state index < -0.39 is 18.2 Å². The van der Waals surface area contributed by atoms with Crippen LogP contribution in [0.1, 0.15) is 32.6 Å². The standard InChI is InChI=1S/C17H20O7/c1-2-3-4-5-8-22-16-15(20)12-9-11(23-10-14(18)19)6-7-13(12)24-17(16)21/h6-7,9,20H,2-5,8,10H2,1H3,(H,18,19). The summed E-state index contributed by atoms with van der Waals surface area (Å²) in [6.07, 6.45) is 3.91. The summed E-state index contributed by atoms with van der Waals surface area (Å²) < 4.78 is 15.5. The molecule has 2 rings (SSSR count). The maximum absolute atomic E-state index is 11.9. The summed E-state index contributed by atoms with van der Waals surface area (Å²) in [5.41, 5.74) is -0.590. The molecule has 7 heteroatoms. The molecule has 24 heavy (non-hydrogen) atoms. The molecule has 1 aromatic carbocycles. The van der Waals surface area contributed by atoms with Crippen LogP contribution in [0.3, 0.4) is 0 Å². The number of hydrogen-bond acceptors (Lipinski definition) is 6. The minimum Gasteiger partial charge on any atom is -0.504 e. The van der Waals surface area contributed by atoms with E-state index in [4.69, 9.17) is 19.0 Å². The Morgan fingerprint density at radius 1 is 1.21 bits per heavy atom. The molecule has 0 amide bonds. The molecular weight excluding hydrogens is 316 g/mol. The predicted octanol–water partition coefficient (Wildman–Crippen LogP) is 2.92. The van der Waals surface area contributed by atoms with Gasteiger partial charge < -0.3 is 24.1 Å². The van der Waals surface area contributed by atoms with Crippen LogP contribution >= 0.6 is 0 Å². The van der Waals surface area contributed by atoms with E-state index in [-0.39, 0.29) is 28.2 Å². The normalized spacial score (nSPS) is 10.7. The first-order valence-electron chi connectivity index (χ1n) is 7.80. The van der Waals surface area contributed by atoms with E-state index >= 15 is 0 Å². The summed E-state index contributed by atoms with van der Waals surface area (Å²) in [7, 11) is 0. The molecule has 0 aliphatic rings. The van der Waals surface area contributed by atoms with Gasteiger partial charge in [0.2, 0.25) is 5.75 Å². The highest BCUT2D eigenvalue weighted by Gasteiger charge is 2.16. The SMILES string of the molecule is CCCCCCOc1c(O)c2cc(OCC(=O)O)ccc2oc1=O. The molecule has 0 radical (unpaired) electrons. The van der Waals surface area contributed by atoms with Crippen molar-refractivity contribution in [3.63, 3.8) is 0 Å². The Morgan fingerprint density at radius 3 is 2.71 bits per heavy atom. The number of benzene rings is 1. The van der Waals surface area contributed by atoms with Gasteiger partial charge in [0.05, 0.1) is 12.0 Å². The van der Waals surface area contributed by atoms with Crippen molar-refractivity contribution in [3.8, 4) is 17.2 Å². The van der Waals surface area contributed by atoms with E-state index in [1.165, 1.54) is 18.2 Å². The first-order chi connectivity index (χ1) is 11.5. The first kappa shape index (κ1) is 17.7. The van der Waals surface area contributed by atoms with E-state index in [1.54, 1.807) is 0 Å². The zero-order chi connectivity index (χ0) is 17.5. The van der Waals surface area contributed by atoms with Crippen LogP contribution < -0.4 is 15.1 Å². The Kier molecular flexibility index (Phi) is 6.06. The van der Waals surface area contributed by atoms with Gasteiger partial charge in [0.25, 0.3) is 0 Å². The lowest BCUT2D eigenvalue weighted by Crippen LogP contribution is -2.10. The summed E-state index contributed by atoms with van der Waals surface area (Å²) in [6.45, 7) is 1.89. The number of fused-ring (bicyclic) bond motifs is 1. The van der Waals surface area contributed by atoms with Gasteiger partial charge in [-0.25, -0.2) is 9.59 Å². The van der Waals surface area contributed by atoms with Crippen molar-refractivity contribution in [2.24, 2.45) is 0 Å². The molecule has 2 aromatic rings. The summed E-state index contributed by atoms with van der Waals surface area (Å²) in [4.78, 5) is 22.5. The fourth-order valence-corrected chi connectivity index (χ4v) is 2.21. The Labute approximate surface area is 138 Å². The van der Waals surface area contributed by atoms with Crippen LogP contribution in [-0.2, 0) is 4.79 Å². The largest absolute Gasteiger partial charge is 0.504 e. The molecule has 2 N–H and O–H groups in total. The molecule has 1 heterocycles. The van der Waals surface area contributed by atoms with E-state index in [0.29, 0.717) is 6.61 Å². The van der Waals surface area contributed by atoms with Crippen molar-refractivity contribution in [1.29, 1.82) is 0 Å². The lowest BCUT2D eigenvalue weighted by molar-refractivity contribution is -0.139. The quantitative estimate of drug-likeness (QED) is 0.535. The number of aliphatic carboxylic acids is 1. The number of aromatic hydroxyl groups is 1. The molecule has 0 bridgehead atoms. The van der Waals surface area contributed by atoms with Crippen molar-refractivity contribution < 1.29 is 28.9 Å². The third kappa shape index (κ3) is 4.41. The maximum Gasteiger partial charge on any atom is 0.383 e. The highest BCUT2D eigenvalue weighted by molar-refractivity contribution is 5.86. The maximum atomic E-state index is 11.9. The second-order valence-corrected chi connectivity index (χ2v) is 5.32. The minimum atomic E-state index is -1.12. The average molecular weight is 336 g/mol. The Morgan fingerprint density at radius 2 is 2.00 bits per heavy atom. The number of carboxylic acid groups (broad SMARTS) is 1. The molecule has 0 aliphatic carbocycles. The minimum absolute atomic E-state index is 0.165. The molecule has 0 spiro atoms. The van der Waals surface area contributed by atoms with Gasteiger partial charge in [-0.3, -0.25) is 0 Å². The predicted molar refractivity (Wildman–Crippen MR) is 86.9 cm³/mol. The van der Waals surface area contributed by atoms with Crippen molar-refractivity contribution in [1.82, 2.24) is 0 Å². The molecule has 0 saturated heterocycles. The summed E-state index contributed by atoms with van der Waals surface area (Å²) >= 11 is 0. The molecule has 0 aliphatic heterocycles. The van der Waals surface area contributed by atoms with Crippen LogP contribution in [0.4, 0.5) is 0 Å². The Balaban J connectivity index is 2.21. The van der Waals surface area contributed by atoms with Gasteiger partial charge >= 0.3 is 11.6 Å². The van der Waals surface area contributed by atoms with Crippen molar-refractivity contribution in [2.75, 3.05) is 13.2 Å². The number of ether oxygens (including phenoxy) is 2. The first-order valence-corrected chi connectivity index (χ1v) is 7.80. The van der Waals surface area contributed by atoms with Gasteiger partial charge in [-0.15, -0.1) is 0 Å². The topological polar surface area (TPSA) is 106 Å². The second kappa shape index (κ2) is 8.24. The molecule has 7 nitrogen and oxygen atoms in total. The zero-order valence-corrected chi connectivity index (χ0v) is 13.4. The fraction of sp³-hybridized carbons (Fsp3) is 0.412. The average Bonchev–Trinajstić information content (AvgIpc) is 2.55. The summed E-state index contributed by atoms with van der Waals surface area (Å²) in [5.74, 6) is -1.45. The number of carboxylic acids is 1. The lowest BCUT2D eigenvalue weighted by Gasteiger charge is -2.09. The van der Waals surface area contributed by atoms with Crippen LogP contribution in [-0.4, -0.2) is 29.4 Å². The van der Waals surface area contributed by atoms with E-state index in [9.17, 15) is 14.7 Å². The van der Waals surface area contributed by atoms with Crippen molar-refractivity contribution in [2.45, 2.75) is 32.6 Å². The molecule has 0 saturated carbocycles. The third-order valence-corrected chi connectivity index (χ3v) is 3.42. The monoisotopic (exact) mass is 336 g/mol. The molecular formula is C17H20O7. The number of carbonyl (C=O) groups is 1. The number of hydrogen-bond donors (Lipinski definition) is 2. The van der Waals surface area contributed by atoms with Crippen LogP contribution in [0.25, 0.3) is 11.0 Å². The lowest BCUT2D eigenvalue weighted by atomic mass is 10.2. The van der Waals surface area contributed by atoms with E-state index in [1.807, 2.05) is 0 Å². The smallest absolute Gasteiger partial charge is 0.383 e. The molecule has 130 valence electrons. The number of rotatable bonds is 9. The number of unbranched alkanes of at least 4 members (excludes halogenated alkanes) is 3. The third-order valence-electron chi connectivity index (χ3n) is 3.42. The molecule has 0 fully saturated rings.